The van der Waals surface area contributed by atoms with Crippen molar-refractivity contribution in [3.8, 4) is 0 Å². The Hall–Kier alpha value is -1.36. The summed E-state index contributed by atoms with van der Waals surface area (Å²) in [5.41, 5.74) is 1.66. The number of aryl methyl sites for hydroxylation is 1. The van der Waals surface area contributed by atoms with Crippen molar-refractivity contribution in [3.05, 3.63) is 17.5 Å². The molecule has 1 unspecified atom stereocenters. The molecule has 0 spiro atoms. The molecule has 0 saturated carbocycles. The molecule has 0 saturated heterocycles. The van der Waals surface area contributed by atoms with Gasteiger partial charge in [-0.3, -0.25) is 9.89 Å². The Balaban J connectivity index is 2.26. The highest BCUT2D eigenvalue weighted by Crippen LogP contribution is 1.99. The molecule has 1 aromatic rings. The summed E-state index contributed by atoms with van der Waals surface area (Å²) in [6.07, 6.45) is 1.43. The number of H-pyrrole nitrogens is 1. The molecule has 1 heterocycles. The van der Waals surface area contributed by atoms with Gasteiger partial charge in [-0.05, 0) is 19.4 Å². The number of amides is 1. The Morgan fingerprint density at radius 3 is 3.00 bits per heavy atom. The van der Waals surface area contributed by atoms with Crippen molar-refractivity contribution in [3.63, 3.8) is 0 Å². The number of aromatic amines is 1. The first-order valence-corrected chi connectivity index (χ1v) is 5.57. The molecule has 3 N–H and O–H groups in total. The Morgan fingerprint density at radius 2 is 2.44 bits per heavy atom. The minimum absolute atomic E-state index is 0.110. The highest BCUT2D eigenvalue weighted by Gasteiger charge is 2.08. The minimum atomic E-state index is -0.449. The largest absolute Gasteiger partial charge is 0.391 e. The minimum Gasteiger partial charge on any atom is -0.391 e. The van der Waals surface area contributed by atoms with Crippen molar-refractivity contribution in [2.45, 2.75) is 39.2 Å². The van der Waals surface area contributed by atoms with Crippen LogP contribution in [0.15, 0.2) is 6.07 Å². The smallest absolute Gasteiger partial charge is 0.226 e. The third kappa shape index (κ3) is 4.44. The van der Waals surface area contributed by atoms with Gasteiger partial charge in [0.05, 0.1) is 18.2 Å². The predicted molar refractivity (Wildman–Crippen MR) is 61.0 cm³/mol. The lowest BCUT2D eigenvalue weighted by Crippen LogP contribution is -2.33. The molecule has 5 nitrogen and oxygen atoms in total. The maximum Gasteiger partial charge on any atom is 0.226 e. The van der Waals surface area contributed by atoms with E-state index >= 15 is 0 Å². The van der Waals surface area contributed by atoms with Crippen LogP contribution < -0.4 is 5.32 Å². The first-order valence-electron chi connectivity index (χ1n) is 5.57. The topological polar surface area (TPSA) is 78.0 Å². The van der Waals surface area contributed by atoms with Crippen molar-refractivity contribution in [1.82, 2.24) is 15.5 Å². The molecule has 1 amide bonds. The third-order valence-electron chi connectivity index (χ3n) is 2.26. The van der Waals surface area contributed by atoms with Gasteiger partial charge in [-0.15, -0.1) is 0 Å². The Morgan fingerprint density at radius 1 is 1.69 bits per heavy atom. The molecule has 5 heteroatoms. The fourth-order valence-electron chi connectivity index (χ4n) is 1.46. The monoisotopic (exact) mass is 225 g/mol. The molecule has 1 atom stereocenters. The summed E-state index contributed by atoms with van der Waals surface area (Å²) in [5, 5.41) is 18.9. The van der Waals surface area contributed by atoms with Gasteiger partial charge in [0, 0.05) is 12.2 Å². The van der Waals surface area contributed by atoms with Crippen LogP contribution in [0.4, 0.5) is 0 Å². The number of carbonyl (C=O) groups excluding carboxylic acids is 1. The molecular weight excluding hydrogens is 206 g/mol. The number of aliphatic hydroxyl groups excluding tert-OH is 1. The Labute approximate surface area is 95.3 Å². The molecule has 1 aromatic heterocycles. The second-order valence-electron chi connectivity index (χ2n) is 3.97. The number of hydrogen-bond donors (Lipinski definition) is 3. The van der Waals surface area contributed by atoms with Crippen molar-refractivity contribution in [2.24, 2.45) is 0 Å². The third-order valence-corrected chi connectivity index (χ3v) is 2.26. The average Bonchev–Trinajstić information content (AvgIpc) is 2.61. The normalized spacial score (nSPS) is 12.4. The van der Waals surface area contributed by atoms with E-state index in [1.54, 1.807) is 0 Å². The van der Waals surface area contributed by atoms with Crippen LogP contribution in [-0.4, -0.2) is 33.9 Å². The highest BCUT2D eigenvalue weighted by atomic mass is 16.3. The molecule has 0 fully saturated rings. The van der Waals surface area contributed by atoms with Crippen LogP contribution >= 0.6 is 0 Å². The summed E-state index contributed by atoms with van der Waals surface area (Å²) in [7, 11) is 0. The van der Waals surface area contributed by atoms with Crippen molar-refractivity contribution in [2.75, 3.05) is 6.54 Å². The first-order chi connectivity index (χ1) is 7.61. The van der Waals surface area contributed by atoms with Gasteiger partial charge in [-0.1, -0.05) is 13.3 Å². The SMILES string of the molecule is CCCC(O)CNC(=O)Cc1cc(C)[nH]n1. The summed E-state index contributed by atoms with van der Waals surface area (Å²) >= 11 is 0. The van der Waals surface area contributed by atoms with Crippen LogP contribution in [0.2, 0.25) is 0 Å². The summed E-state index contributed by atoms with van der Waals surface area (Å²) in [6, 6.07) is 1.84. The van der Waals surface area contributed by atoms with E-state index in [9.17, 15) is 9.90 Å². The van der Waals surface area contributed by atoms with Crippen LogP contribution in [0.3, 0.4) is 0 Å². The van der Waals surface area contributed by atoms with E-state index in [1.807, 2.05) is 19.9 Å². The molecule has 0 aliphatic carbocycles. The number of aliphatic hydroxyl groups is 1. The summed E-state index contributed by atoms with van der Waals surface area (Å²) in [5.74, 6) is -0.110. The van der Waals surface area contributed by atoms with Gasteiger partial charge in [-0.2, -0.15) is 5.10 Å². The maximum atomic E-state index is 11.5. The number of aromatic nitrogens is 2. The van der Waals surface area contributed by atoms with Gasteiger partial charge >= 0.3 is 0 Å². The number of nitrogens with zero attached hydrogens (tertiary/aromatic N) is 1. The van der Waals surface area contributed by atoms with Crippen molar-refractivity contribution in [1.29, 1.82) is 0 Å². The first kappa shape index (κ1) is 12.7. The zero-order valence-electron chi connectivity index (χ0n) is 9.79. The van der Waals surface area contributed by atoms with Gasteiger partial charge in [0.1, 0.15) is 0 Å². The number of nitrogens with one attached hydrogen (secondary N) is 2. The van der Waals surface area contributed by atoms with E-state index in [0.29, 0.717) is 13.0 Å². The molecule has 0 aromatic carbocycles. The Bertz CT molecular complexity index is 336. The van der Waals surface area contributed by atoms with Crippen LogP contribution in [0.5, 0.6) is 0 Å². The van der Waals surface area contributed by atoms with E-state index in [-0.39, 0.29) is 12.3 Å². The molecule has 1 rings (SSSR count). The summed E-state index contributed by atoms with van der Waals surface area (Å²) in [4.78, 5) is 11.5. The molecule has 0 aliphatic rings. The van der Waals surface area contributed by atoms with E-state index in [4.69, 9.17) is 0 Å². The standard InChI is InChI=1S/C11H19N3O2/c1-3-4-10(15)7-12-11(16)6-9-5-8(2)13-14-9/h5,10,15H,3-4,6-7H2,1-2H3,(H,12,16)(H,13,14). The molecule has 0 aliphatic heterocycles. The van der Waals surface area contributed by atoms with Crippen LogP contribution in [0.1, 0.15) is 31.2 Å². The fourth-order valence-corrected chi connectivity index (χ4v) is 1.46. The average molecular weight is 225 g/mol. The van der Waals surface area contributed by atoms with Crippen LogP contribution in [-0.2, 0) is 11.2 Å². The maximum absolute atomic E-state index is 11.5. The molecule has 90 valence electrons. The lowest BCUT2D eigenvalue weighted by molar-refractivity contribution is -0.121. The van der Waals surface area contributed by atoms with E-state index < -0.39 is 6.10 Å². The van der Waals surface area contributed by atoms with Crippen molar-refractivity contribution < 1.29 is 9.90 Å². The summed E-state index contributed by atoms with van der Waals surface area (Å²) in [6.45, 7) is 4.20. The number of rotatable bonds is 6. The van der Waals surface area contributed by atoms with Gasteiger partial charge < -0.3 is 10.4 Å². The highest BCUT2D eigenvalue weighted by molar-refractivity contribution is 5.78. The second kappa shape index (κ2) is 6.27. The van der Waals surface area contributed by atoms with Gasteiger partial charge in [0.25, 0.3) is 0 Å². The van der Waals surface area contributed by atoms with Gasteiger partial charge in [0.15, 0.2) is 0 Å². The molecule has 0 radical (unpaired) electrons. The lowest BCUT2D eigenvalue weighted by Gasteiger charge is -2.09. The molecular formula is C11H19N3O2. The van der Waals surface area contributed by atoms with E-state index in [1.165, 1.54) is 0 Å². The van der Waals surface area contributed by atoms with E-state index in [0.717, 1.165) is 17.8 Å². The van der Waals surface area contributed by atoms with Crippen LogP contribution in [0, 0.1) is 6.92 Å². The lowest BCUT2D eigenvalue weighted by atomic mass is 10.2. The zero-order valence-corrected chi connectivity index (χ0v) is 9.79. The van der Waals surface area contributed by atoms with Crippen molar-refractivity contribution >= 4 is 5.91 Å². The predicted octanol–water partition coefficient (Wildman–Crippen LogP) is 0.538. The second-order valence-corrected chi connectivity index (χ2v) is 3.97. The Kier molecular flexibility index (Phi) is 4.98. The molecule has 16 heavy (non-hydrogen) atoms. The fraction of sp³-hybridized carbons (Fsp3) is 0.636. The molecule has 0 bridgehead atoms. The van der Waals surface area contributed by atoms with Gasteiger partial charge in [-0.25, -0.2) is 0 Å². The zero-order chi connectivity index (χ0) is 12.0. The number of hydrogen-bond acceptors (Lipinski definition) is 3. The van der Waals surface area contributed by atoms with E-state index in [2.05, 4.69) is 15.5 Å². The quantitative estimate of drug-likeness (QED) is 0.661. The summed E-state index contributed by atoms with van der Waals surface area (Å²) < 4.78 is 0. The van der Waals surface area contributed by atoms with Crippen LogP contribution in [0.25, 0.3) is 0 Å². The number of carbonyl (C=O) groups is 1. The van der Waals surface area contributed by atoms with Gasteiger partial charge in [0.2, 0.25) is 5.91 Å².